The Hall–Kier alpha value is -2.49. The van der Waals surface area contributed by atoms with Crippen LogP contribution in [0.4, 0.5) is 4.79 Å². The minimum atomic E-state index is -3.00. The number of carbonyl (C=O) groups is 1. The van der Waals surface area contributed by atoms with Crippen LogP contribution in [0.1, 0.15) is 5.89 Å². The summed E-state index contributed by atoms with van der Waals surface area (Å²) in [5.74, 6) is 0.824. The Morgan fingerprint density at radius 2 is 2.08 bits per heavy atom. The van der Waals surface area contributed by atoms with Crippen LogP contribution in [0.15, 0.2) is 28.9 Å². The normalized spacial score (nSPS) is 16.8. The molecule has 0 radical (unpaired) electrons. The molecule has 0 aromatic carbocycles. The number of hydrogen-bond donors (Lipinski definition) is 1. The molecule has 9 nitrogen and oxygen atoms in total. The maximum absolute atomic E-state index is 12.0. The van der Waals surface area contributed by atoms with E-state index in [1.165, 1.54) is 4.90 Å². The fraction of sp³-hybridized carbons (Fsp3) is 0.429. The number of nitrogens with one attached hydrogen (secondary N) is 1. The van der Waals surface area contributed by atoms with Crippen LogP contribution in [0.25, 0.3) is 11.5 Å². The molecule has 0 aliphatic carbocycles. The molecule has 2 amide bonds. The highest BCUT2D eigenvalue weighted by Gasteiger charge is 2.24. The van der Waals surface area contributed by atoms with Gasteiger partial charge in [-0.1, -0.05) is 11.2 Å². The van der Waals surface area contributed by atoms with Crippen molar-refractivity contribution in [2.45, 2.75) is 6.42 Å². The highest BCUT2D eigenvalue weighted by molar-refractivity contribution is 7.91. The molecule has 1 N–H and O–H groups in total. The van der Waals surface area contributed by atoms with Crippen molar-refractivity contribution in [3.05, 3.63) is 30.3 Å². The molecule has 0 unspecified atom stereocenters. The fourth-order valence-corrected chi connectivity index (χ4v) is 3.46. The summed E-state index contributed by atoms with van der Waals surface area (Å²) in [6.07, 6.45) is 2.03. The van der Waals surface area contributed by atoms with Crippen molar-refractivity contribution < 1.29 is 17.7 Å². The average Bonchev–Trinajstić information content (AvgIpc) is 3.04. The van der Waals surface area contributed by atoms with Crippen LogP contribution in [0, 0.1) is 0 Å². The van der Waals surface area contributed by atoms with Gasteiger partial charge in [0.15, 0.2) is 9.84 Å². The SMILES string of the molecule is O=C(NCCc1nc(-c2ccccn2)no1)N1CCS(=O)(=O)CC1. The first kappa shape index (κ1) is 16.4. The molecule has 0 spiro atoms. The van der Waals surface area contributed by atoms with E-state index in [0.29, 0.717) is 30.4 Å². The first-order valence-corrected chi connectivity index (χ1v) is 9.33. The number of rotatable bonds is 4. The first-order valence-electron chi connectivity index (χ1n) is 7.51. The molecule has 3 rings (SSSR count). The topological polar surface area (TPSA) is 118 Å². The standard InChI is InChI=1S/C14H17N5O4S/c20-14(19-7-9-24(21,22)10-8-19)16-6-4-12-17-13(18-23-12)11-3-1-2-5-15-11/h1-3,5H,4,6-10H2,(H,16,20). The van der Waals surface area contributed by atoms with Crippen molar-refractivity contribution in [2.24, 2.45) is 0 Å². The monoisotopic (exact) mass is 351 g/mol. The highest BCUT2D eigenvalue weighted by atomic mass is 32.2. The van der Waals surface area contributed by atoms with Crippen LogP contribution in [0.3, 0.4) is 0 Å². The van der Waals surface area contributed by atoms with Gasteiger partial charge >= 0.3 is 6.03 Å². The third-order valence-corrected chi connectivity index (χ3v) is 5.22. The summed E-state index contributed by atoms with van der Waals surface area (Å²) in [6, 6.07) is 5.12. The summed E-state index contributed by atoms with van der Waals surface area (Å²) in [4.78, 5) is 21.8. The zero-order valence-electron chi connectivity index (χ0n) is 12.9. The van der Waals surface area contributed by atoms with Crippen LogP contribution in [0.5, 0.6) is 0 Å². The Balaban J connectivity index is 1.47. The van der Waals surface area contributed by atoms with Gasteiger partial charge in [-0.25, -0.2) is 13.2 Å². The Morgan fingerprint density at radius 3 is 2.79 bits per heavy atom. The molecule has 1 saturated heterocycles. The second kappa shape index (κ2) is 6.95. The number of urea groups is 1. The van der Waals surface area contributed by atoms with Gasteiger partial charge < -0.3 is 14.7 Å². The van der Waals surface area contributed by atoms with Gasteiger partial charge in [0.2, 0.25) is 11.7 Å². The van der Waals surface area contributed by atoms with Crippen molar-refractivity contribution in [3.8, 4) is 11.5 Å². The minimum Gasteiger partial charge on any atom is -0.339 e. The Bertz CT molecular complexity index is 792. The van der Waals surface area contributed by atoms with Crippen LogP contribution in [-0.2, 0) is 16.3 Å². The maximum atomic E-state index is 12.0. The molecular formula is C14H17N5O4S. The fourth-order valence-electron chi connectivity index (χ4n) is 2.26. The lowest BCUT2D eigenvalue weighted by molar-refractivity contribution is 0.202. The van der Waals surface area contributed by atoms with Crippen molar-refractivity contribution in [3.63, 3.8) is 0 Å². The quantitative estimate of drug-likeness (QED) is 0.830. The number of amides is 2. The molecular weight excluding hydrogens is 334 g/mol. The van der Waals surface area contributed by atoms with Gasteiger partial charge in [0, 0.05) is 32.3 Å². The highest BCUT2D eigenvalue weighted by Crippen LogP contribution is 2.11. The van der Waals surface area contributed by atoms with Crippen molar-refractivity contribution >= 4 is 15.9 Å². The molecule has 24 heavy (non-hydrogen) atoms. The minimum absolute atomic E-state index is 0.0114. The number of sulfone groups is 1. The number of carbonyl (C=O) groups excluding carboxylic acids is 1. The van der Waals surface area contributed by atoms with Crippen LogP contribution in [-0.4, -0.2) is 65.6 Å². The number of pyridine rings is 1. The third kappa shape index (κ3) is 4.07. The van der Waals surface area contributed by atoms with Crippen LogP contribution >= 0.6 is 0 Å². The Labute approximate surface area is 139 Å². The van der Waals surface area contributed by atoms with E-state index in [1.54, 1.807) is 18.3 Å². The summed E-state index contributed by atoms with van der Waals surface area (Å²) in [7, 11) is -3.00. The zero-order chi connectivity index (χ0) is 17.0. The smallest absolute Gasteiger partial charge is 0.317 e. The summed E-state index contributed by atoms with van der Waals surface area (Å²) < 4.78 is 27.8. The predicted molar refractivity (Wildman–Crippen MR) is 84.9 cm³/mol. The van der Waals surface area contributed by atoms with Crippen molar-refractivity contribution in [1.29, 1.82) is 0 Å². The number of aromatic nitrogens is 3. The Morgan fingerprint density at radius 1 is 1.29 bits per heavy atom. The van der Waals surface area contributed by atoms with E-state index in [1.807, 2.05) is 6.07 Å². The van der Waals surface area contributed by atoms with E-state index in [-0.39, 0.29) is 30.6 Å². The van der Waals surface area contributed by atoms with E-state index in [9.17, 15) is 13.2 Å². The molecule has 128 valence electrons. The molecule has 1 aliphatic rings. The van der Waals surface area contributed by atoms with Crippen LogP contribution < -0.4 is 5.32 Å². The van der Waals surface area contributed by atoms with Gasteiger partial charge in [-0.2, -0.15) is 4.98 Å². The first-order chi connectivity index (χ1) is 11.5. The number of hydrogen-bond acceptors (Lipinski definition) is 7. The molecule has 1 aliphatic heterocycles. The Kier molecular flexibility index (Phi) is 4.74. The molecule has 3 heterocycles. The molecule has 2 aromatic rings. The van der Waals surface area contributed by atoms with Gasteiger partial charge in [0.1, 0.15) is 5.69 Å². The van der Waals surface area contributed by atoms with E-state index >= 15 is 0 Å². The van der Waals surface area contributed by atoms with Crippen molar-refractivity contribution in [1.82, 2.24) is 25.3 Å². The van der Waals surface area contributed by atoms with E-state index in [4.69, 9.17) is 4.52 Å². The second-order valence-corrected chi connectivity index (χ2v) is 7.65. The molecule has 1 fully saturated rings. The molecule has 0 saturated carbocycles. The lowest BCUT2D eigenvalue weighted by Crippen LogP contribution is -2.48. The summed E-state index contributed by atoms with van der Waals surface area (Å²) in [6.45, 7) is 0.767. The molecule has 0 atom stereocenters. The summed E-state index contributed by atoms with van der Waals surface area (Å²) in [5, 5.41) is 6.58. The summed E-state index contributed by atoms with van der Waals surface area (Å²) >= 11 is 0. The van der Waals surface area contributed by atoms with E-state index in [0.717, 1.165) is 0 Å². The van der Waals surface area contributed by atoms with Gasteiger partial charge in [0.05, 0.1) is 11.5 Å². The summed E-state index contributed by atoms with van der Waals surface area (Å²) in [5.41, 5.74) is 0.617. The zero-order valence-corrected chi connectivity index (χ0v) is 13.7. The van der Waals surface area contributed by atoms with Crippen LogP contribution in [0.2, 0.25) is 0 Å². The van der Waals surface area contributed by atoms with Gasteiger partial charge in [-0.15, -0.1) is 0 Å². The molecule has 0 bridgehead atoms. The van der Waals surface area contributed by atoms with Gasteiger partial charge in [0.25, 0.3) is 0 Å². The lowest BCUT2D eigenvalue weighted by atomic mass is 10.3. The van der Waals surface area contributed by atoms with Crippen molar-refractivity contribution in [2.75, 3.05) is 31.1 Å². The maximum Gasteiger partial charge on any atom is 0.317 e. The second-order valence-electron chi connectivity index (χ2n) is 5.35. The number of nitrogens with zero attached hydrogens (tertiary/aromatic N) is 4. The third-order valence-electron chi connectivity index (χ3n) is 3.61. The van der Waals surface area contributed by atoms with E-state index in [2.05, 4.69) is 20.4 Å². The van der Waals surface area contributed by atoms with E-state index < -0.39 is 9.84 Å². The lowest BCUT2D eigenvalue weighted by Gasteiger charge is -2.26. The largest absolute Gasteiger partial charge is 0.339 e. The van der Waals surface area contributed by atoms with Gasteiger partial charge in [-0.05, 0) is 12.1 Å². The molecule has 10 heteroatoms. The van der Waals surface area contributed by atoms with Gasteiger partial charge in [-0.3, -0.25) is 4.98 Å². The predicted octanol–water partition coefficient (Wildman–Crippen LogP) is 0.114. The average molecular weight is 351 g/mol. The molecule has 2 aromatic heterocycles.